The Kier molecular flexibility index (Phi) is 3.57. The minimum Gasteiger partial charge on any atom is -0.326 e. The van der Waals surface area contributed by atoms with Crippen LogP contribution in [0.4, 0.5) is 5.69 Å². The van der Waals surface area contributed by atoms with Crippen LogP contribution in [0.1, 0.15) is 27.6 Å². The van der Waals surface area contributed by atoms with E-state index in [0.717, 1.165) is 32.4 Å². The number of halogens is 2. The molecule has 102 valence electrons. The van der Waals surface area contributed by atoms with Gasteiger partial charge in [-0.1, -0.05) is 40.2 Å². The monoisotopic (exact) mass is 349 g/mol. The van der Waals surface area contributed by atoms with Crippen molar-refractivity contribution in [2.24, 2.45) is 0 Å². The summed E-state index contributed by atoms with van der Waals surface area (Å²) in [7, 11) is 0. The summed E-state index contributed by atoms with van der Waals surface area (Å²) in [5.74, 6) is 0.0442. The fourth-order valence-corrected chi connectivity index (χ4v) is 2.94. The molecule has 0 aliphatic carbocycles. The summed E-state index contributed by atoms with van der Waals surface area (Å²) in [6.45, 7) is 2.04. The lowest BCUT2D eigenvalue weighted by atomic mass is 10.00. The Bertz CT molecular complexity index is 699. The number of hydrogen-bond acceptors (Lipinski definition) is 1. The Morgan fingerprint density at radius 1 is 1.20 bits per heavy atom. The fourth-order valence-electron chi connectivity index (χ4n) is 2.42. The Morgan fingerprint density at radius 2 is 1.90 bits per heavy atom. The van der Waals surface area contributed by atoms with E-state index in [2.05, 4.69) is 27.3 Å². The lowest BCUT2D eigenvalue weighted by Gasteiger charge is -2.13. The molecule has 4 heteroatoms. The summed E-state index contributed by atoms with van der Waals surface area (Å²) in [5.41, 5.74) is 5.15. The van der Waals surface area contributed by atoms with Gasteiger partial charge in [-0.2, -0.15) is 0 Å². The SMILES string of the molecule is Cc1cc(C(Cl)c2ccc3c(c2)CC(=O)N3)ccc1Br. The van der Waals surface area contributed by atoms with E-state index in [1.54, 1.807) is 0 Å². The van der Waals surface area contributed by atoms with Crippen molar-refractivity contribution in [3.05, 3.63) is 63.1 Å². The van der Waals surface area contributed by atoms with Gasteiger partial charge >= 0.3 is 0 Å². The first-order valence-corrected chi connectivity index (χ1v) is 7.60. The van der Waals surface area contributed by atoms with E-state index in [-0.39, 0.29) is 11.3 Å². The van der Waals surface area contributed by atoms with E-state index in [1.807, 2.05) is 37.3 Å². The largest absolute Gasteiger partial charge is 0.326 e. The van der Waals surface area contributed by atoms with Crippen LogP contribution in [0.25, 0.3) is 0 Å². The number of carbonyl (C=O) groups is 1. The number of carbonyl (C=O) groups excluding carboxylic acids is 1. The second kappa shape index (κ2) is 5.23. The van der Waals surface area contributed by atoms with Gasteiger partial charge < -0.3 is 5.32 Å². The summed E-state index contributed by atoms with van der Waals surface area (Å²) < 4.78 is 1.08. The number of alkyl halides is 1. The van der Waals surface area contributed by atoms with Crippen molar-refractivity contribution < 1.29 is 4.79 Å². The summed E-state index contributed by atoms with van der Waals surface area (Å²) in [6, 6.07) is 12.0. The number of rotatable bonds is 2. The van der Waals surface area contributed by atoms with Crippen molar-refractivity contribution in [2.75, 3.05) is 5.32 Å². The number of nitrogens with one attached hydrogen (secondary N) is 1. The van der Waals surface area contributed by atoms with Crippen LogP contribution < -0.4 is 5.32 Å². The highest BCUT2D eigenvalue weighted by Crippen LogP contribution is 2.34. The quantitative estimate of drug-likeness (QED) is 0.789. The van der Waals surface area contributed by atoms with Crippen molar-refractivity contribution >= 4 is 39.1 Å². The van der Waals surface area contributed by atoms with E-state index in [9.17, 15) is 4.79 Å². The van der Waals surface area contributed by atoms with Crippen LogP contribution in [0.2, 0.25) is 0 Å². The zero-order valence-electron chi connectivity index (χ0n) is 10.9. The molecule has 0 radical (unpaired) electrons. The zero-order valence-corrected chi connectivity index (χ0v) is 13.3. The number of aryl methyl sites for hydroxylation is 1. The maximum atomic E-state index is 11.4. The van der Waals surface area contributed by atoms with Crippen LogP contribution in [0.5, 0.6) is 0 Å². The van der Waals surface area contributed by atoms with Crippen LogP contribution in [0, 0.1) is 6.92 Å². The molecule has 2 aromatic carbocycles. The highest BCUT2D eigenvalue weighted by Gasteiger charge is 2.20. The number of fused-ring (bicyclic) bond motifs is 1. The molecule has 2 nitrogen and oxygen atoms in total. The zero-order chi connectivity index (χ0) is 14.3. The second-order valence-corrected chi connectivity index (χ2v) is 6.30. The smallest absolute Gasteiger partial charge is 0.228 e. The second-order valence-electron chi connectivity index (χ2n) is 5.01. The number of anilines is 1. The van der Waals surface area contributed by atoms with Crippen molar-refractivity contribution in [1.29, 1.82) is 0 Å². The van der Waals surface area contributed by atoms with E-state index in [1.165, 1.54) is 0 Å². The van der Waals surface area contributed by atoms with Gasteiger partial charge in [-0.05, 0) is 41.3 Å². The molecule has 0 spiro atoms. The molecule has 1 amide bonds. The van der Waals surface area contributed by atoms with Gasteiger partial charge in [-0.15, -0.1) is 11.6 Å². The lowest BCUT2D eigenvalue weighted by molar-refractivity contribution is -0.115. The first kappa shape index (κ1) is 13.7. The molecule has 1 N–H and O–H groups in total. The molecule has 0 saturated heterocycles. The van der Waals surface area contributed by atoms with Crippen LogP contribution in [-0.4, -0.2) is 5.91 Å². The Morgan fingerprint density at radius 3 is 2.65 bits per heavy atom. The van der Waals surface area contributed by atoms with Crippen LogP contribution in [-0.2, 0) is 11.2 Å². The maximum absolute atomic E-state index is 11.4. The highest BCUT2D eigenvalue weighted by molar-refractivity contribution is 9.10. The molecule has 20 heavy (non-hydrogen) atoms. The fraction of sp³-hybridized carbons (Fsp3) is 0.188. The molecular weight excluding hydrogens is 338 g/mol. The molecule has 1 aliphatic rings. The van der Waals surface area contributed by atoms with Crippen molar-refractivity contribution in [1.82, 2.24) is 0 Å². The number of benzene rings is 2. The molecule has 2 aromatic rings. The van der Waals surface area contributed by atoms with Gasteiger partial charge in [0.1, 0.15) is 0 Å². The van der Waals surface area contributed by atoms with E-state index in [0.29, 0.717) is 6.42 Å². The molecule has 1 aliphatic heterocycles. The predicted octanol–water partition coefficient (Wildman–Crippen LogP) is 4.58. The minimum absolute atomic E-state index is 0.0442. The van der Waals surface area contributed by atoms with Crippen molar-refractivity contribution in [3.63, 3.8) is 0 Å². The number of amides is 1. The Balaban J connectivity index is 1.94. The normalized spacial score (nSPS) is 14.8. The highest BCUT2D eigenvalue weighted by atomic mass is 79.9. The molecule has 0 saturated carbocycles. The molecule has 0 bridgehead atoms. The van der Waals surface area contributed by atoms with E-state index in [4.69, 9.17) is 11.6 Å². The maximum Gasteiger partial charge on any atom is 0.228 e. The van der Waals surface area contributed by atoms with Gasteiger partial charge in [0.2, 0.25) is 5.91 Å². The average molecular weight is 351 g/mol. The molecule has 1 atom stereocenters. The third kappa shape index (κ3) is 2.48. The summed E-state index contributed by atoms with van der Waals surface area (Å²) in [5, 5.41) is 2.63. The van der Waals surface area contributed by atoms with Gasteiger partial charge in [0.05, 0.1) is 11.8 Å². The summed E-state index contributed by atoms with van der Waals surface area (Å²) in [6.07, 6.45) is 0.437. The van der Waals surface area contributed by atoms with E-state index < -0.39 is 0 Å². The van der Waals surface area contributed by atoms with Gasteiger partial charge in [-0.3, -0.25) is 4.79 Å². The Labute approximate surface area is 131 Å². The van der Waals surface area contributed by atoms with Crippen LogP contribution in [0.3, 0.4) is 0 Å². The van der Waals surface area contributed by atoms with Crippen molar-refractivity contribution in [3.8, 4) is 0 Å². The van der Waals surface area contributed by atoms with Crippen molar-refractivity contribution in [2.45, 2.75) is 18.7 Å². The van der Waals surface area contributed by atoms with Crippen LogP contribution >= 0.6 is 27.5 Å². The topological polar surface area (TPSA) is 29.1 Å². The van der Waals surface area contributed by atoms with Gasteiger partial charge in [-0.25, -0.2) is 0 Å². The predicted molar refractivity (Wildman–Crippen MR) is 85.4 cm³/mol. The van der Waals surface area contributed by atoms with Gasteiger partial charge in [0, 0.05) is 10.2 Å². The third-order valence-electron chi connectivity index (χ3n) is 3.52. The Hall–Kier alpha value is -1.32. The molecule has 0 fully saturated rings. The van der Waals surface area contributed by atoms with Crippen LogP contribution in [0.15, 0.2) is 40.9 Å². The lowest BCUT2D eigenvalue weighted by Crippen LogP contribution is -2.03. The first-order valence-electron chi connectivity index (χ1n) is 6.37. The van der Waals surface area contributed by atoms with E-state index >= 15 is 0 Å². The molecule has 1 heterocycles. The minimum atomic E-state index is -0.206. The summed E-state index contributed by atoms with van der Waals surface area (Å²) in [4.78, 5) is 11.4. The molecule has 1 unspecified atom stereocenters. The van der Waals surface area contributed by atoms with Gasteiger partial charge in [0.15, 0.2) is 0 Å². The average Bonchev–Trinajstić information content (AvgIpc) is 2.80. The molecular formula is C16H13BrClNO. The molecule has 0 aromatic heterocycles. The standard InChI is InChI=1S/C16H13BrClNO/c1-9-6-10(2-4-13(9)17)16(18)11-3-5-14-12(7-11)8-15(20)19-14/h2-7,16H,8H2,1H3,(H,19,20). The first-order chi connectivity index (χ1) is 9.54. The summed E-state index contributed by atoms with van der Waals surface area (Å²) >= 11 is 10.1. The molecule has 3 rings (SSSR count). The third-order valence-corrected chi connectivity index (χ3v) is 4.92. The van der Waals surface area contributed by atoms with Gasteiger partial charge in [0.25, 0.3) is 0 Å². The number of hydrogen-bond donors (Lipinski definition) is 1.